The van der Waals surface area contributed by atoms with Crippen LogP contribution in [0.1, 0.15) is 0 Å². The maximum absolute atomic E-state index is 11.6. The highest BCUT2D eigenvalue weighted by Crippen LogP contribution is 2.24. The van der Waals surface area contributed by atoms with E-state index in [1.165, 1.54) is 14.2 Å². The van der Waals surface area contributed by atoms with E-state index < -0.39 is 11.9 Å². The maximum Gasteiger partial charge on any atom is 0.325 e. The number of hydrogen-bond donors (Lipinski definition) is 0. The van der Waals surface area contributed by atoms with Gasteiger partial charge in [-0.3, -0.25) is 9.59 Å². The van der Waals surface area contributed by atoms with Gasteiger partial charge in [-0.25, -0.2) is 4.98 Å². The van der Waals surface area contributed by atoms with Gasteiger partial charge < -0.3 is 14.4 Å². The molecule has 110 valence electrons. The first-order chi connectivity index (χ1) is 10.2. The Morgan fingerprint density at radius 2 is 1.67 bits per heavy atom. The Morgan fingerprint density at radius 3 is 2.29 bits per heavy atom. The van der Waals surface area contributed by atoms with Crippen molar-refractivity contribution in [3.63, 3.8) is 0 Å². The van der Waals surface area contributed by atoms with E-state index in [1.54, 1.807) is 11.1 Å². The minimum atomic E-state index is -0.450. The number of esters is 2. The zero-order valence-electron chi connectivity index (χ0n) is 11.9. The second kappa shape index (κ2) is 6.69. The molecule has 0 aliphatic carbocycles. The third-order valence-corrected chi connectivity index (χ3v) is 3.05. The Labute approximate surface area is 122 Å². The van der Waals surface area contributed by atoms with Gasteiger partial charge >= 0.3 is 11.9 Å². The van der Waals surface area contributed by atoms with E-state index in [0.717, 1.165) is 10.8 Å². The Bertz CT molecular complexity index is 634. The van der Waals surface area contributed by atoms with Crippen LogP contribution in [0.2, 0.25) is 0 Å². The Morgan fingerprint density at radius 1 is 1.05 bits per heavy atom. The van der Waals surface area contributed by atoms with Crippen LogP contribution in [0.3, 0.4) is 0 Å². The van der Waals surface area contributed by atoms with E-state index in [-0.39, 0.29) is 13.1 Å². The van der Waals surface area contributed by atoms with Gasteiger partial charge in [-0.15, -0.1) is 0 Å². The Kier molecular flexibility index (Phi) is 4.71. The van der Waals surface area contributed by atoms with Crippen LogP contribution in [-0.2, 0) is 19.1 Å². The summed E-state index contributed by atoms with van der Waals surface area (Å²) in [5.74, 6) is -0.355. The monoisotopic (exact) mass is 288 g/mol. The lowest BCUT2D eigenvalue weighted by Crippen LogP contribution is -2.36. The van der Waals surface area contributed by atoms with Crippen molar-refractivity contribution < 1.29 is 19.1 Å². The fourth-order valence-corrected chi connectivity index (χ4v) is 2.00. The van der Waals surface area contributed by atoms with Gasteiger partial charge in [0.15, 0.2) is 0 Å². The molecule has 21 heavy (non-hydrogen) atoms. The fraction of sp³-hybridized carbons (Fsp3) is 0.267. The Balaban J connectivity index is 2.42. The summed E-state index contributed by atoms with van der Waals surface area (Å²) in [5.41, 5.74) is 0. The molecule has 2 aromatic rings. The predicted molar refractivity (Wildman–Crippen MR) is 78.0 cm³/mol. The normalized spacial score (nSPS) is 10.2. The molecule has 1 aromatic carbocycles. The molecule has 0 N–H and O–H groups in total. The molecule has 6 heteroatoms. The molecule has 2 rings (SSSR count). The summed E-state index contributed by atoms with van der Waals surface area (Å²) in [6.45, 7) is -0.154. The molecule has 0 bridgehead atoms. The lowest BCUT2D eigenvalue weighted by molar-refractivity contribution is -0.140. The number of pyridine rings is 1. The van der Waals surface area contributed by atoms with Crippen LogP contribution in [0.5, 0.6) is 0 Å². The van der Waals surface area contributed by atoms with Crippen molar-refractivity contribution in [2.45, 2.75) is 0 Å². The number of methoxy groups -OCH3 is 2. The lowest BCUT2D eigenvalue weighted by Gasteiger charge is -2.22. The molecule has 0 amide bonds. The largest absolute Gasteiger partial charge is 0.468 e. The molecule has 0 spiro atoms. The lowest BCUT2D eigenvalue weighted by atomic mass is 10.1. The van der Waals surface area contributed by atoms with E-state index in [9.17, 15) is 9.59 Å². The van der Waals surface area contributed by atoms with E-state index in [4.69, 9.17) is 0 Å². The molecule has 0 unspecified atom stereocenters. The highest BCUT2D eigenvalue weighted by atomic mass is 16.5. The minimum Gasteiger partial charge on any atom is -0.468 e. The van der Waals surface area contributed by atoms with E-state index in [2.05, 4.69) is 14.5 Å². The van der Waals surface area contributed by atoms with Crippen LogP contribution in [0.15, 0.2) is 36.5 Å². The maximum atomic E-state index is 11.6. The topological polar surface area (TPSA) is 68.7 Å². The van der Waals surface area contributed by atoms with Crippen molar-refractivity contribution in [1.29, 1.82) is 0 Å². The number of anilines is 1. The summed E-state index contributed by atoms with van der Waals surface area (Å²) in [5, 5.41) is 1.83. The Hall–Kier alpha value is -2.63. The van der Waals surface area contributed by atoms with Gasteiger partial charge in [0.05, 0.1) is 14.2 Å². The fourth-order valence-electron chi connectivity index (χ4n) is 2.00. The van der Waals surface area contributed by atoms with Gasteiger partial charge in [0, 0.05) is 11.6 Å². The van der Waals surface area contributed by atoms with Crippen molar-refractivity contribution in [2.24, 2.45) is 0 Å². The SMILES string of the molecule is COC(=O)CN(CC(=O)OC)c1nccc2ccccc12. The summed E-state index contributed by atoms with van der Waals surface area (Å²) < 4.78 is 9.34. The second-order valence-electron chi connectivity index (χ2n) is 4.36. The first kappa shape index (κ1) is 14.8. The average Bonchev–Trinajstić information content (AvgIpc) is 2.53. The molecule has 6 nitrogen and oxygen atoms in total. The summed E-state index contributed by atoms with van der Waals surface area (Å²) >= 11 is 0. The number of carbonyl (C=O) groups excluding carboxylic acids is 2. The summed E-state index contributed by atoms with van der Waals surface area (Å²) in [7, 11) is 2.60. The molecule has 0 aliphatic heterocycles. The van der Waals surface area contributed by atoms with Crippen molar-refractivity contribution in [1.82, 2.24) is 4.98 Å². The summed E-state index contributed by atoms with van der Waals surface area (Å²) in [4.78, 5) is 28.9. The van der Waals surface area contributed by atoms with Crippen LogP contribution in [-0.4, -0.2) is 44.2 Å². The van der Waals surface area contributed by atoms with Gasteiger partial charge in [-0.2, -0.15) is 0 Å². The first-order valence-corrected chi connectivity index (χ1v) is 6.38. The van der Waals surface area contributed by atoms with Crippen LogP contribution >= 0.6 is 0 Å². The molecule has 1 aromatic heterocycles. The molecule has 0 saturated carbocycles. The number of fused-ring (bicyclic) bond motifs is 1. The van der Waals surface area contributed by atoms with Crippen LogP contribution in [0.25, 0.3) is 10.8 Å². The molecule has 0 saturated heterocycles. The highest BCUT2D eigenvalue weighted by Gasteiger charge is 2.19. The van der Waals surface area contributed by atoms with Gasteiger partial charge in [0.1, 0.15) is 18.9 Å². The number of hydrogen-bond acceptors (Lipinski definition) is 6. The molecule has 1 heterocycles. The third-order valence-electron chi connectivity index (χ3n) is 3.05. The standard InChI is InChI=1S/C15H16N2O4/c1-20-13(18)9-17(10-14(19)21-2)15-12-6-4-3-5-11(12)7-8-16-15/h3-8H,9-10H2,1-2H3. The number of ether oxygens (including phenoxy) is 2. The number of aromatic nitrogens is 1. The molecule has 0 fully saturated rings. The summed E-state index contributed by atoms with van der Waals surface area (Å²) in [6.07, 6.45) is 1.64. The number of carbonyl (C=O) groups is 2. The minimum absolute atomic E-state index is 0.0768. The van der Waals surface area contributed by atoms with Crippen molar-refractivity contribution in [3.05, 3.63) is 36.5 Å². The van der Waals surface area contributed by atoms with E-state index in [0.29, 0.717) is 5.82 Å². The van der Waals surface area contributed by atoms with Crippen molar-refractivity contribution in [2.75, 3.05) is 32.2 Å². The van der Waals surface area contributed by atoms with Gasteiger partial charge in [0.2, 0.25) is 0 Å². The third kappa shape index (κ3) is 3.47. The van der Waals surface area contributed by atoms with Gasteiger partial charge in [-0.1, -0.05) is 24.3 Å². The van der Waals surface area contributed by atoms with Crippen LogP contribution in [0, 0.1) is 0 Å². The van der Waals surface area contributed by atoms with Crippen LogP contribution in [0.4, 0.5) is 5.82 Å². The quantitative estimate of drug-likeness (QED) is 0.774. The predicted octanol–water partition coefficient (Wildman–Crippen LogP) is 1.39. The molecule has 0 radical (unpaired) electrons. The van der Waals surface area contributed by atoms with Crippen LogP contribution < -0.4 is 4.90 Å². The van der Waals surface area contributed by atoms with E-state index in [1.807, 2.05) is 30.3 Å². The van der Waals surface area contributed by atoms with Gasteiger partial charge in [-0.05, 0) is 11.5 Å². The zero-order chi connectivity index (χ0) is 15.2. The van der Waals surface area contributed by atoms with Gasteiger partial charge in [0.25, 0.3) is 0 Å². The van der Waals surface area contributed by atoms with Crippen molar-refractivity contribution in [3.8, 4) is 0 Å². The molecule has 0 aliphatic rings. The summed E-state index contributed by atoms with van der Waals surface area (Å²) in [6, 6.07) is 9.49. The smallest absolute Gasteiger partial charge is 0.325 e. The number of nitrogens with zero attached hydrogens (tertiary/aromatic N) is 2. The average molecular weight is 288 g/mol. The molecule has 0 atom stereocenters. The zero-order valence-corrected chi connectivity index (χ0v) is 11.9. The van der Waals surface area contributed by atoms with E-state index >= 15 is 0 Å². The number of benzene rings is 1. The second-order valence-corrected chi connectivity index (χ2v) is 4.36. The first-order valence-electron chi connectivity index (χ1n) is 6.38. The molecular formula is C15H16N2O4. The van der Waals surface area contributed by atoms with Crippen molar-refractivity contribution >= 4 is 28.5 Å². The molecular weight excluding hydrogens is 272 g/mol. The number of rotatable bonds is 5. The highest BCUT2D eigenvalue weighted by molar-refractivity contribution is 5.94.